The minimum absolute atomic E-state index is 0. The fourth-order valence-electron chi connectivity index (χ4n) is 0.123. The average molecular weight is 235 g/mol. The maximum absolute atomic E-state index is 9.52. The number of hydrogen-bond donors (Lipinski definition) is 2. The third kappa shape index (κ3) is 38.4. The van der Waals surface area contributed by atoms with Crippen molar-refractivity contribution in [3.8, 4) is 0 Å². The molecule has 0 heterocycles. The van der Waals surface area contributed by atoms with E-state index in [-0.39, 0.29) is 62.6 Å². The molecule has 10 heavy (non-hydrogen) atoms. The molecule has 0 radical (unpaired) electrons. The Bertz CT molecular complexity index is 62.5. The molecule has 0 saturated heterocycles. The van der Waals surface area contributed by atoms with Gasteiger partial charge in [0.15, 0.2) is 0 Å². The van der Waals surface area contributed by atoms with Crippen molar-refractivity contribution in [2.45, 2.75) is 6.42 Å². The topological polar surface area (TPSA) is 63.3 Å². The van der Waals surface area contributed by atoms with Gasteiger partial charge in [0.1, 0.15) is 0 Å². The van der Waals surface area contributed by atoms with Crippen LogP contribution in [-0.2, 0) is 4.79 Å². The summed E-state index contributed by atoms with van der Waals surface area (Å²) in [4.78, 5) is 9.52. The normalized spacial score (nSPS) is 4.90. The zero-order valence-corrected chi connectivity index (χ0v) is 8.25. The molecule has 68 valence electrons. The summed E-state index contributed by atoms with van der Waals surface area (Å²) in [5, 5.41) is 7.83. The second kappa shape index (κ2) is 22.6. The summed E-state index contributed by atoms with van der Waals surface area (Å²) in [6.45, 7) is 0.231. The highest BCUT2D eigenvalue weighted by Gasteiger charge is 1.87. The lowest BCUT2D eigenvalue weighted by molar-refractivity contribution is -0.136. The number of nitrogens with two attached hydrogens (primary N) is 1. The summed E-state index contributed by atoms with van der Waals surface area (Å²) in [5.41, 5.74) is 4.85. The standard InChI is InChI=1S/C3H7NO2.4ClH/c4-2-1-3(5)6;;;;/h1-2,4H2,(H,5,6);4*1H. The Labute approximate surface area is 84.4 Å². The number of carbonyl (C=O) groups is 1. The van der Waals surface area contributed by atoms with Crippen LogP contribution < -0.4 is 5.73 Å². The number of rotatable bonds is 2. The molecule has 0 aromatic heterocycles. The summed E-state index contributed by atoms with van der Waals surface area (Å²) >= 11 is 0. The van der Waals surface area contributed by atoms with E-state index in [9.17, 15) is 4.79 Å². The molecule has 0 aliphatic heterocycles. The molecule has 0 atom stereocenters. The van der Waals surface area contributed by atoms with Gasteiger partial charge < -0.3 is 10.8 Å². The number of carboxylic acids is 1. The predicted molar refractivity (Wildman–Crippen MR) is 50.3 cm³/mol. The lowest BCUT2D eigenvalue weighted by atomic mass is 10.5. The van der Waals surface area contributed by atoms with Crippen LogP contribution in [-0.4, -0.2) is 17.6 Å². The molecular formula is C3H11Cl4NO2. The summed E-state index contributed by atoms with van der Waals surface area (Å²) in [7, 11) is 0. The third-order valence-corrected chi connectivity index (χ3v) is 0.358. The van der Waals surface area contributed by atoms with Gasteiger partial charge in [0.25, 0.3) is 0 Å². The fraction of sp³-hybridized carbons (Fsp3) is 0.667. The van der Waals surface area contributed by atoms with Crippen LogP contribution in [0.3, 0.4) is 0 Å². The Morgan fingerprint density at radius 3 is 1.50 bits per heavy atom. The van der Waals surface area contributed by atoms with Crippen LogP contribution in [0, 0.1) is 0 Å². The smallest absolute Gasteiger partial charge is 0.304 e. The molecule has 0 aromatic rings. The van der Waals surface area contributed by atoms with Gasteiger partial charge in [-0.1, -0.05) is 0 Å². The van der Waals surface area contributed by atoms with Gasteiger partial charge in [-0.2, -0.15) is 0 Å². The van der Waals surface area contributed by atoms with E-state index in [1.807, 2.05) is 0 Å². The van der Waals surface area contributed by atoms with Crippen molar-refractivity contribution in [3.05, 3.63) is 0 Å². The monoisotopic (exact) mass is 233 g/mol. The zero-order chi connectivity index (χ0) is 4.99. The van der Waals surface area contributed by atoms with Gasteiger partial charge in [0.2, 0.25) is 0 Å². The minimum atomic E-state index is -0.836. The number of halogens is 4. The quantitative estimate of drug-likeness (QED) is 0.753. The second-order valence-corrected chi connectivity index (χ2v) is 0.932. The minimum Gasteiger partial charge on any atom is -0.481 e. The van der Waals surface area contributed by atoms with Gasteiger partial charge >= 0.3 is 5.97 Å². The first-order valence-electron chi connectivity index (χ1n) is 1.69. The number of aliphatic carboxylic acids is 1. The van der Waals surface area contributed by atoms with E-state index in [0.29, 0.717) is 0 Å². The van der Waals surface area contributed by atoms with E-state index < -0.39 is 5.97 Å². The van der Waals surface area contributed by atoms with Gasteiger partial charge in [-0.25, -0.2) is 0 Å². The number of carboxylic acid groups (broad SMARTS) is 1. The van der Waals surface area contributed by atoms with Gasteiger partial charge in [0, 0.05) is 6.54 Å². The molecule has 0 saturated carbocycles. The maximum atomic E-state index is 9.52. The molecule has 0 fully saturated rings. The van der Waals surface area contributed by atoms with Crippen molar-refractivity contribution < 1.29 is 9.90 Å². The van der Waals surface area contributed by atoms with Crippen molar-refractivity contribution in [2.75, 3.05) is 6.54 Å². The van der Waals surface area contributed by atoms with Crippen molar-refractivity contribution in [2.24, 2.45) is 5.73 Å². The van der Waals surface area contributed by atoms with Crippen molar-refractivity contribution in [1.82, 2.24) is 0 Å². The molecule has 0 rings (SSSR count). The predicted octanol–water partition coefficient (Wildman–Crippen LogP) is 1.11. The van der Waals surface area contributed by atoms with Gasteiger partial charge in [0.05, 0.1) is 6.42 Å². The van der Waals surface area contributed by atoms with Crippen LogP contribution in [0.15, 0.2) is 0 Å². The van der Waals surface area contributed by atoms with E-state index in [1.165, 1.54) is 0 Å². The van der Waals surface area contributed by atoms with Crippen molar-refractivity contribution in [3.63, 3.8) is 0 Å². The fourth-order valence-corrected chi connectivity index (χ4v) is 0.123. The van der Waals surface area contributed by atoms with Crippen molar-refractivity contribution in [1.29, 1.82) is 0 Å². The van der Waals surface area contributed by atoms with E-state index >= 15 is 0 Å². The van der Waals surface area contributed by atoms with Crippen LogP contribution in [0.4, 0.5) is 0 Å². The molecule has 0 amide bonds. The average Bonchev–Trinajstić information content (AvgIpc) is 1.35. The second-order valence-electron chi connectivity index (χ2n) is 0.932. The summed E-state index contributed by atoms with van der Waals surface area (Å²) < 4.78 is 0. The zero-order valence-electron chi connectivity index (χ0n) is 4.98. The third-order valence-electron chi connectivity index (χ3n) is 0.358. The highest BCUT2D eigenvalue weighted by atomic mass is 35.5. The molecule has 0 aliphatic carbocycles. The van der Waals surface area contributed by atoms with Gasteiger partial charge in [-0.3, -0.25) is 4.79 Å². The molecule has 0 spiro atoms. The van der Waals surface area contributed by atoms with Gasteiger partial charge in [-0.05, 0) is 0 Å². The molecule has 3 nitrogen and oxygen atoms in total. The molecule has 0 aromatic carbocycles. The lowest BCUT2D eigenvalue weighted by Gasteiger charge is -1.80. The molecule has 0 bridgehead atoms. The molecule has 0 unspecified atom stereocenters. The SMILES string of the molecule is Cl.Cl.Cl.Cl.NCCC(=O)O. The van der Waals surface area contributed by atoms with Crippen LogP contribution >= 0.6 is 49.6 Å². The highest BCUT2D eigenvalue weighted by molar-refractivity contribution is 5.86. The van der Waals surface area contributed by atoms with Crippen LogP contribution in [0.2, 0.25) is 0 Å². The molecule has 0 aliphatic rings. The summed E-state index contributed by atoms with van der Waals surface area (Å²) in [5.74, 6) is -0.836. The van der Waals surface area contributed by atoms with E-state index in [2.05, 4.69) is 0 Å². The van der Waals surface area contributed by atoms with Crippen LogP contribution in [0.25, 0.3) is 0 Å². The van der Waals surface area contributed by atoms with E-state index in [1.54, 1.807) is 0 Å². The molecular weight excluding hydrogens is 224 g/mol. The Hall–Kier alpha value is 0.590. The first-order valence-corrected chi connectivity index (χ1v) is 1.69. The molecule has 7 heteroatoms. The molecule has 3 N–H and O–H groups in total. The maximum Gasteiger partial charge on any atom is 0.304 e. The Balaban J connectivity index is -0.0000000208. The Morgan fingerprint density at radius 2 is 1.50 bits per heavy atom. The van der Waals surface area contributed by atoms with Crippen LogP contribution in [0.5, 0.6) is 0 Å². The summed E-state index contributed by atoms with van der Waals surface area (Å²) in [6, 6.07) is 0. The first-order chi connectivity index (χ1) is 2.77. The van der Waals surface area contributed by atoms with E-state index in [0.717, 1.165) is 0 Å². The lowest BCUT2D eigenvalue weighted by Crippen LogP contribution is -2.05. The number of hydrogen-bond acceptors (Lipinski definition) is 2. The van der Waals surface area contributed by atoms with Crippen LogP contribution in [0.1, 0.15) is 6.42 Å². The van der Waals surface area contributed by atoms with Gasteiger partial charge in [-0.15, -0.1) is 49.6 Å². The van der Waals surface area contributed by atoms with Crippen molar-refractivity contribution >= 4 is 55.6 Å². The summed E-state index contributed by atoms with van der Waals surface area (Å²) in [6.07, 6.45) is 0.0694. The highest BCUT2D eigenvalue weighted by Crippen LogP contribution is 1.67. The Morgan fingerprint density at radius 1 is 1.20 bits per heavy atom. The van der Waals surface area contributed by atoms with E-state index in [4.69, 9.17) is 10.8 Å². The largest absolute Gasteiger partial charge is 0.481 e. The first kappa shape index (κ1) is 31.2. The Kier molecular flexibility index (Phi) is 70.6.